The van der Waals surface area contributed by atoms with Crippen molar-refractivity contribution in [1.29, 1.82) is 0 Å². The third-order valence-electron chi connectivity index (χ3n) is 4.80. The molecule has 1 aliphatic rings. The summed E-state index contributed by atoms with van der Waals surface area (Å²) in [6, 6.07) is 4.54. The van der Waals surface area contributed by atoms with Gasteiger partial charge in [0.05, 0.1) is 6.04 Å². The van der Waals surface area contributed by atoms with Gasteiger partial charge < -0.3 is 16.0 Å². The van der Waals surface area contributed by atoms with Crippen molar-refractivity contribution in [2.75, 3.05) is 13.1 Å². The van der Waals surface area contributed by atoms with Gasteiger partial charge in [-0.2, -0.15) is 0 Å². The number of piperidine rings is 1. The normalized spacial score (nSPS) is 15.9. The van der Waals surface area contributed by atoms with Crippen LogP contribution in [0, 0.1) is 18.7 Å². The van der Waals surface area contributed by atoms with Crippen LogP contribution in [-0.4, -0.2) is 35.8 Å². The van der Waals surface area contributed by atoms with Gasteiger partial charge in [-0.05, 0) is 43.4 Å². The van der Waals surface area contributed by atoms with Crippen LogP contribution in [0.25, 0.3) is 0 Å². The highest BCUT2D eigenvalue weighted by atomic mass is 35.5. The number of carbonyl (C=O) groups excluding carboxylic acids is 2. The smallest absolute Gasteiger partial charge is 0.239 e. The van der Waals surface area contributed by atoms with E-state index in [2.05, 4.69) is 5.32 Å². The quantitative estimate of drug-likeness (QED) is 0.790. The van der Waals surface area contributed by atoms with Gasteiger partial charge in [-0.1, -0.05) is 25.5 Å². The highest BCUT2D eigenvalue weighted by molar-refractivity contribution is 5.85. The zero-order valence-corrected chi connectivity index (χ0v) is 16.3. The number of hydrogen-bond acceptors (Lipinski definition) is 3. The molecule has 0 radical (unpaired) electrons. The molecule has 1 atom stereocenters. The topological polar surface area (TPSA) is 75.4 Å². The minimum atomic E-state index is -0.438. The molecule has 2 rings (SSSR count). The van der Waals surface area contributed by atoms with Gasteiger partial charge in [0, 0.05) is 25.6 Å². The second-order valence-corrected chi connectivity index (χ2v) is 6.80. The van der Waals surface area contributed by atoms with Crippen molar-refractivity contribution in [1.82, 2.24) is 10.2 Å². The van der Waals surface area contributed by atoms with Crippen LogP contribution < -0.4 is 11.1 Å². The first-order chi connectivity index (χ1) is 11.9. The summed E-state index contributed by atoms with van der Waals surface area (Å²) in [5, 5.41) is 2.87. The fourth-order valence-electron chi connectivity index (χ4n) is 3.11. The van der Waals surface area contributed by atoms with Crippen LogP contribution in [0.15, 0.2) is 18.2 Å². The number of benzene rings is 1. The maximum absolute atomic E-state index is 13.5. The van der Waals surface area contributed by atoms with Crippen LogP contribution in [0.2, 0.25) is 0 Å². The molecule has 26 heavy (non-hydrogen) atoms. The Morgan fingerprint density at radius 1 is 1.35 bits per heavy atom. The lowest BCUT2D eigenvalue weighted by Gasteiger charge is -2.33. The van der Waals surface area contributed by atoms with Crippen LogP contribution in [0.5, 0.6) is 0 Å². The summed E-state index contributed by atoms with van der Waals surface area (Å²) in [6.07, 6.45) is 2.84. The Balaban J connectivity index is 0.00000338. The molecule has 0 aromatic heterocycles. The van der Waals surface area contributed by atoms with Crippen LogP contribution >= 0.6 is 12.4 Å². The van der Waals surface area contributed by atoms with Gasteiger partial charge in [-0.25, -0.2) is 4.39 Å². The van der Waals surface area contributed by atoms with Crippen molar-refractivity contribution in [3.63, 3.8) is 0 Å². The number of rotatable bonds is 6. The minimum absolute atomic E-state index is 0. The standard InChI is InChI=1S/C19H28FN3O2.ClH/c1-3-4-17(21)19(25)23-9-7-15(8-10-23)18(24)22-12-14-6-5-13(2)16(20)11-14;/h5-6,11,15,17H,3-4,7-10,12,21H2,1-2H3,(H,22,24);1H. The second kappa shape index (κ2) is 10.5. The molecule has 0 aliphatic carbocycles. The molecule has 146 valence electrons. The first-order valence-electron chi connectivity index (χ1n) is 8.99. The van der Waals surface area contributed by atoms with Crippen molar-refractivity contribution in [2.24, 2.45) is 11.7 Å². The van der Waals surface area contributed by atoms with Gasteiger partial charge in [-0.3, -0.25) is 9.59 Å². The summed E-state index contributed by atoms with van der Waals surface area (Å²) < 4.78 is 13.5. The molecule has 5 nitrogen and oxygen atoms in total. The Hall–Kier alpha value is -1.66. The third kappa shape index (κ3) is 5.95. The van der Waals surface area contributed by atoms with Gasteiger partial charge in [0.1, 0.15) is 5.82 Å². The SMILES string of the molecule is CCCC(N)C(=O)N1CCC(C(=O)NCc2ccc(C)c(F)c2)CC1.Cl. The van der Waals surface area contributed by atoms with Crippen molar-refractivity contribution < 1.29 is 14.0 Å². The average molecular weight is 386 g/mol. The molecule has 3 N–H and O–H groups in total. The van der Waals surface area contributed by atoms with Crippen LogP contribution in [-0.2, 0) is 16.1 Å². The zero-order valence-electron chi connectivity index (χ0n) is 15.5. The van der Waals surface area contributed by atoms with Gasteiger partial charge in [-0.15, -0.1) is 12.4 Å². The minimum Gasteiger partial charge on any atom is -0.352 e. The summed E-state index contributed by atoms with van der Waals surface area (Å²) in [4.78, 5) is 26.3. The molecule has 2 amide bonds. The van der Waals surface area contributed by atoms with Gasteiger partial charge in [0.15, 0.2) is 0 Å². The lowest BCUT2D eigenvalue weighted by Crippen LogP contribution is -2.48. The monoisotopic (exact) mass is 385 g/mol. The summed E-state index contributed by atoms with van der Waals surface area (Å²) in [5.74, 6) is -0.425. The predicted octanol–water partition coefficient (Wildman–Crippen LogP) is 2.54. The van der Waals surface area contributed by atoms with Crippen molar-refractivity contribution in [3.8, 4) is 0 Å². The average Bonchev–Trinajstić information content (AvgIpc) is 2.62. The molecule has 1 fully saturated rings. The number of aryl methyl sites for hydroxylation is 1. The van der Waals surface area contributed by atoms with E-state index in [0.29, 0.717) is 44.5 Å². The number of carbonyl (C=O) groups is 2. The summed E-state index contributed by atoms with van der Waals surface area (Å²) >= 11 is 0. The molecule has 1 unspecified atom stereocenters. The van der Waals surface area contributed by atoms with E-state index < -0.39 is 6.04 Å². The van der Waals surface area contributed by atoms with E-state index in [1.54, 1.807) is 17.9 Å². The highest BCUT2D eigenvalue weighted by Gasteiger charge is 2.29. The fourth-order valence-corrected chi connectivity index (χ4v) is 3.11. The van der Waals surface area contributed by atoms with E-state index >= 15 is 0 Å². The molecular weight excluding hydrogens is 357 g/mol. The Kier molecular flexibility index (Phi) is 9.02. The molecule has 1 aliphatic heterocycles. The Labute approximate surface area is 160 Å². The molecular formula is C19H29ClFN3O2. The highest BCUT2D eigenvalue weighted by Crippen LogP contribution is 2.19. The molecule has 7 heteroatoms. The van der Waals surface area contributed by atoms with E-state index in [0.717, 1.165) is 12.0 Å². The van der Waals surface area contributed by atoms with E-state index in [-0.39, 0.29) is 36.0 Å². The van der Waals surface area contributed by atoms with Crippen molar-refractivity contribution in [2.45, 2.75) is 52.1 Å². The van der Waals surface area contributed by atoms with Crippen LogP contribution in [0.4, 0.5) is 4.39 Å². The number of hydrogen-bond donors (Lipinski definition) is 2. The van der Waals surface area contributed by atoms with Crippen LogP contribution in [0.3, 0.4) is 0 Å². The molecule has 1 heterocycles. The first-order valence-corrected chi connectivity index (χ1v) is 8.99. The molecule has 0 bridgehead atoms. The lowest BCUT2D eigenvalue weighted by molar-refractivity contribution is -0.136. The number of likely N-dealkylation sites (tertiary alicyclic amines) is 1. The maximum Gasteiger partial charge on any atom is 0.239 e. The number of nitrogens with zero attached hydrogens (tertiary/aromatic N) is 1. The van der Waals surface area contributed by atoms with E-state index in [1.165, 1.54) is 6.07 Å². The van der Waals surface area contributed by atoms with Crippen LogP contribution in [0.1, 0.15) is 43.7 Å². The van der Waals surface area contributed by atoms with Crippen molar-refractivity contribution in [3.05, 3.63) is 35.1 Å². The second-order valence-electron chi connectivity index (χ2n) is 6.80. The third-order valence-corrected chi connectivity index (χ3v) is 4.80. The van der Waals surface area contributed by atoms with Gasteiger partial charge >= 0.3 is 0 Å². The Morgan fingerprint density at radius 3 is 2.58 bits per heavy atom. The van der Waals surface area contributed by atoms with E-state index in [1.807, 2.05) is 13.0 Å². The largest absolute Gasteiger partial charge is 0.352 e. The van der Waals surface area contributed by atoms with Gasteiger partial charge in [0.2, 0.25) is 11.8 Å². The fraction of sp³-hybridized carbons (Fsp3) is 0.579. The van der Waals surface area contributed by atoms with Crippen molar-refractivity contribution >= 4 is 24.2 Å². The molecule has 1 aromatic rings. The summed E-state index contributed by atoms with van der Waals surface area (Å²) in [5.41, 5.74) is 7.22. The molecule has 1 aromatic carbocycles. The number of halogens is 2. The molecule has 0 saturated carbocycles. The Morgan fingerprint density at radius 2 is 2.00 bits per heavy atom. The first kappa shape index (κ1) is 22.4. The van der Waals surface area contributed by atoms with Gasteiger partial charge in [0.25, 0.3) is 0 Å². The van der Waals surface area contributed by atoms with E-state index in [4.69, 9.17) is 5.73 Å². The predicted molar refractivity (Wildman–Crippen MR) is 102 cm³/mol. The zero-order chi connectivity index (χ0) is 18.4. The lowest BCUT2D eigenvalue weighted by atomic mass is 9.95. The summed E-state index contributed by atoms with van der Waals surface area (Å²) in [7, 11) is 0. The summed E-state index contributed by atoms with van der Waals surface area (Å²) in [6.45, 7) is 5.15. The molecule has 0 spiro atoms. The maximum atomic E-state index is 13.5. The number of amides is 2. The molecule has 1 saturated heterocycles. The number of nitrogens with two attached hydrogens (primary N) is 1. The van der Waals surface area contributed by atoms with E-state index in [9.17, 15) is 14.0 Å². The number of nitrogens with one attached hydrogen (secondary N) is 1. The Bertz CT molecular complexity index is 619.